The molecule has 0 spiro atoms. The van der Waals surface area contributed by atoms with Crippen molar-refractivity contribution in [2.45, 2.75) is 20.8 Å². The van der Waals surface area contributed by atoms with E-state index in [4.69, 9.17) is 4.74 Å². The third-order valence-electron chi connectivity index (χ3n) is 3.60. The Labute approximate surface area is 154 Å². The Morgan fingerprint density at radius 2 is 1.96 bits per heavy atom. The minimum absolute atomic E-state index is 0.102. The number of ether oxygens (including phenoxy) is 1. The van der Waals surface area contributed by atoms with E-state index in [2.05, 4.69) is 10.5 Å². The minimum Gasteiger partial charge on any atom is -0.507 e. The van der Waals surface area contributed by atoms with Crippen LogP contribution in [-0.2, 0) is 4.79 Å². The van der Waals surface area contributed by atoms with Gasteiger partial charge in [0.25, 0.3) is 5.91 Å². The Bertz CT molecular complexity index is 788. The second-order valence-corrected chi connectivity index (χ2v) is 6.61. The summed E-state index contributed by atoms with van der Waals surface area (Å²) in [5.41, 5.74) is 6.36. The fourth-order valence-electron chi connectivity index (χ4n) is 2.10. The number of nitrogens with one attached hydrogen (secondary N) is 1. The van der Waals surface area contributed by atoms with E-state index in [1.807, 2.05) is 55.5 Å². The molecule has 126 valence electrons. The van der Waals surface area contributed by atoms with Gasteiger partial charge in [-0.05, 0) is 83.8 Å². The van der Waals surface area contributed by atoms with Gasteiger partial charge in [-0.25, -0.2) is 5.43 Å². The van der Waals surface area contributed by atoms with Crippen LogP contribution in [0.5, 0.6) is 11.5 Å². The summed E-state index contributed by atoms with van der Waals surface area (Å²) in [6.45, 7) is 5.82. The summed E-state index contributed by atoms with van der Waals surface area (Å²) in [6.07, 6.45) is 1.52. The van der Waals surface area contributed by atoms with Crippen LogP contribution in [0.2, 0.25) is 0 Å². The summed E-state index contributed by atoms with van der Waals surface area (Å²) in [4.78, 5) is 11.8. The largest absolute Gasteiger partial charge is 0.507 e. The molecule has 0 atom stereocenters. The van der Waals surface area contributed by atoms with Crippen LogP contribution in [0.3, 0.4) is 0 Å². The summed E-state index contributed by atoms with van der Waals surface area (Å²) in [6, 6.07) is 9.06. The van der Waals surface area contributed by atoms with Crippen molar-refractivity contribution in [2.24, 2.45) is 5.10 Å². The monoisotopic (exact) mass is 438 g/mol. The smallest absolute Gasteiger partial charge is 0.277 e. The molecule has 0 saturated carbocycles. The number of hydrogen-bond donors (Lipinski definition) is 2. The molecule has 5 nitrogen and oxygen atoms in total. The summed E-state index contributed by atoms with van der Waals surface area (Å²) in [7, 11) is 0. The van der Waals surface area contributed by atoms with Crippen LogP contribution in [0.4, 0.5) is 0 Å². The highest BCUT2D eigenvalue weighted by Crippen LogP contribution is 2.25. The number of rotatable bonds is 5. The summed E-state index contributed by atoms with van der Waals surface area (Å²) in [5, 5.41) is 13.4. The predicted molar refractivity (Wildman–Crippen MR) is 103 cm³/mol. The normalized spacial score (nSPS) is 10.8. The van der Waals surface area contributed by atoms with Crippen molar-refractivity contribution in [1.29, 1.82) is 0 Å². The quantitative estimate of drug-likeness (QED) is 0.427. The van der Waals surface area contributed by atoms with Crippen LogP contribution < -0.4 is 10.2 Å². The number of carbonyl (C=O) groups is 1. The van der Waals surface area contributed by atoms with Crippen molar-refractivity contribution in [1.82, 2.24) is 5.43 Å². The maximum Gasteiger partial charge on any atom is 0.277 e. The maximum atomic E-state index is 11.8. The molecule has 0 fully saturated rings. The Balaban J connectivity index is 1.91. The Hall–Kier alpha value is -2.09. The molecule has 0 saturated heterocycles. The van der Waals surface area contributed by atoms with Gasteiger partial charge in [0.05, 0.1) is 9.78 Å². The van der Waals surface area contributed by atoms with E-state index in [9.17, 15) is 9.90 Å². The molecule has 0 aliphatic carbocycles. The molecule has 0 aliphatic rings. The molecular weight excluding hydrogens is 419 g/mol. The Morgan fingerprint density at radius 1 is 1.25 bits per heavy atom. The molecule has 24 heavy (non-hydrogen) atoms. The van der Waals surface area contributed by atoms with Gasteiger partial charge < -0.3 is 9.84 Å². The highest BCUT2D eigenvalue weighted by Gasteiger charge is 2.08. The fourth-order valence-corrected chi connectivity index (χ4v) is 2.64. The lowest BCUT2D eigenvalue weighted by Gasteiger charge is -2.13. The predicted octanol–water partition coefficient (Wildman–Crippen LogP) is 3.45. The number of phenolic OH excluding ortho intramolecular Hbond substituents is 1. The van der Waals surface area contributed by atoms with Gasteiger partial charge in [0.15, 0.2) is 6.61 Å². The van der Waals surface area contributed by atoms with Gasteiger partial charge in [-0.15, -0.1) is 0 Å². The number of aromatic hydroxyl groups is 1. The first kappa shape index (κ1) is 18.3. The van der Waals surface area contributed by atoms with Crippen LogP contribution in [0.25, 0.3) is 0 Å². The fraction of sp³-hybridized carbons (Fsp3) is 0.222. The molecule has 2 aromatic carbocycles. The number of hydrogen-bond acceptors (Lipinski definition) is 4. The van der Waals surface area contributed by atoms with Gasteiger partial charge >= 0.3 is 0 Å². The van der Waals surface area contributed by atoms with Crippen molar-refractivity contribution in [3.63, 3.8) is 0 Å². The van der Waals surface area contributed by atoms with E-state index < -0.39 is 0 Å². The third-order valence-corrected chi connectivity index (χ3v) is 4.46. The van der Waals surface area contributed by atoms with Gasteiger partial charge in [0.2, 0.25) is 0 Å². The number of hydrazone groups is 1. The zero-order valence-corrected chi connectivity index (χ0v) is 15.9. The van der Waals surface area contributed by atoms with Crippen LogP contribution in [-0.4, -0.2) is 23.8 Å². The van der Waals surface area contributed by atoms with E-state index in [1.165, 1.54) is 6.21 Å². The Kier molecular flexibility index (Phi) is 6.19. The summed E-state index contributed by atoms with van der Waals surface area (Å²) < 4.78 is 6.35. The van der Waals surface area contributed by atoms with E-state index in [-0.39, 0.29) is 18.3 Å². The van der Waals surface area contributed by atoms with E-state index in [0.29, 0.717) is 0 Å². The molecule has 0 heterocycles. The average molecular weight is 438 g/mol. The third kappa shape index (κ3) is 4.70. The number of aryl methyl sites for hydroxylation is 2. The number of halogens is 1. The molecule has 0 radical (unpaired) electrons. The summed E-state index contributed by atoms with van der Waals surface area (Å²) in [5.74, 6) is 0.622. The number of nitrogens with zero attached hydrogens (tertiary/aromatic N) is 1. The number of carbonyl (C=O) groups excluding carboxylic acids is 1. The number of phenols is 1. The van der Waals surface area contributed by atoms with Crippen molar-refractivity contribution < 1.29 is 14.6 Å². The van der Waals surface area contributed by atoms with Gasteiger partial charge in [-0.1, -0.05) is 12.1 Å². The van der Waals surface area contributed by atoms with Gasteiger partial charge in [-0.2, -0.15) is 5.10 Å². The molecular formula is C18H19IN2O3. The number of amides is 1. The van der Waals surface area contributed by atoms with E-state index in [1.54, 1.807) is 18.2 Å². The molecule has 0 unspecified atom stereocenters. The van der Waals surface area contributed by atoms with Gasteiger partial charge in [0.1, 0.15) is 11.5 Å². The highest BCUT2D eigenvalue weighted by atomic mass is 127. The van der Waals surface area contributed by atoms with Gasteiger partial charge in [0, 0.05) is 0 Å². The zero-order chi connectivity index (χ0) is 17.7. The lowest BCUT2D eigenvalue weighted by Crippen LogP contribution is -2.25. The van der Waals surface area contributed by atoms with Crippen molar-refractivity contribution in [3.05, 3.63) is 56.2 Å². The highest BCUT2D eigenvalue weighted by molar-refractivity contribution is 14.1. The molecule has 2 aromatic rings. The standard InChI is InChI=1S/C18H19IN2O3/c1-11-4-5-12(2)18(13(11)3)24-10-17(23)21-20-9-14-6-7-16(22)15(19)8-14/h4-9,22H,10H2,1-3H3,(H,21,23). The molecule has 6 heteroatoms. The first-order valence-corrected chi connectivity index (χ1v) is 8.46. The Morgan fingerprint density at radius 3 is 2.67 bits per heavy atom. The molecule has 2 N–H and O–H groups in total. The van der Waals surface area contributed by atoms with Gasteiger partial charge in [-0.3, -0.25) is 4.79 Å². The zero-order valence-electron chi connectivity index (χ0n) is 13.8. The van der Waals surface area contributed by atoms with Crippen molar-refractivity contribution in [3.8, 4) is 11.5 Å². The SMILES string of the molecule is Cc1ccc(C)c(OCC(=O)NN=Cc2ccc(O)c(I)c2)c1C. The molecule has 0 aromatic heterocycles. The average Bonchev–Trinajstić information content (AvgIpc) is 2.54. The molecule has 0 aliphatic heterocycles. The summed E-state index contributed by atoms with van der Waals surface area (Å²) >= 11 is 2.02. The maximum absolute atomic E-state index is 11.8. The second-order valence-electron chi connectivity index (χ2n) is 5.45. The molecule has 2 rings (SSSR count). The van der Waals surface area contributed by atoms with Crippen LogP contribution in [0.15, 0.2) is 35.4 Å². The van der Waals surface area contributed by atoms with Crippen molar-refractivity contribution in [2.75, 3.05) is 6.61 Å². The second kappa shape index (κ2) is 8.14. The van der Waals surface area contributed by atoms with Crippen LogP contribution >= 0.6 is 22.6 Å². The minimum atomic E-state index is -0.333. The van der Waals surface area contributed by atoms with Crippen molar-refractivity contribution >= 4 is 34.7 Å². The molecule has 0 bridgehead atoms. The lowest BCUT2D eigenvalue weighted by atomic mass is 10.1. The molecule has 1 amide bonds. The van der Waals surface area contributed by atoms with Crippen LogP contribution in [0.1, 0.15) is 22.3 Å². The van der Waals surface area contributed by atoms with Crippen LogP contribution in [0, 0.1) is 24.3 Å². The van der Waals surface area contributed by atoms with E-state index >= 15 is 0 Å². The van der Waals surface area contributed by atoms with E-state index in [0.717, 1.165) is 31.6 Å². The lowest BCUT2D eigenvalue weighted by molar-refractivity contribution is -0.123. The number of benzene rings is 2. The topological polar surface area (TPSA) is 70.9 Å². The first-order chi connectivity index (χ1) is 11.4. The first-order valence-electron chi connectivity index (χ1n) is 7.38.